The summed E-state index contributed by atoms with van der Waals surface area (Å²) in [6.45, 7) is 0. The summed E-state index contributed by atoms with van der Waals surface area (Å²) in [6, 6.07) is 6.53. The smallest absolute Gasteiger partial charge is 0.295 e. The second-order valence-electron chi connectivity index (χ2n) is 5.40. The fraction of sp³-hybridized carbons (Fsp3) is 0.357. The molecule has 0 N–H and O–H groups in total. The van der Waals surface area contributed by atoms with Crippen molar-refractivity contribution in [2.24, 2.45) is 14.1 Å². The molecule has 0 amide bonds. The van der Waals surface area contributed by atoms with Crippen LogP contribution in [0.25, 0.3) is 22.3 Å². The number of rotatable bonds is 2. The number of aryl methyl sites for hydroxylation is 2. The van der Waals surface area contributed by atoms with Gasteiger partial charge >= 0.3 is 5.69 Å². The molecule has 0 aliphatic heterocycles. The molecule has 6 nitrogen and oxygen atoms in total. The molecule has 0 spiro atoms. The SMILES string of the molecule is Cn1c(=O)n(C)c2cc(-c3cnnn3C3CC3)ccc21. The van der Waals surface area contributed by atoms with E-state index in [2.05, 4.69) is 10.3 Å². The van der Waals surface area contributed by atoms with Crippen molar-refractivity contribution in [2.75, 3.05) is 0 Å². The van der Waals surface area contributed by atoms with E-state index in [1.54, 1.807) is 29.4 Å². The molecule has 0 atom stereocenters. The highest BCUT2D eigenvalue weighted by Gasteiger charge is 2.27. The van der Waals surface area contributed by atoms with Gasteiger partial charge in [0.05, 0.1) is 29.0 Å². The van der Waals surface area contributed by atoms with Crippen molar-refractivity contribution in [1.29, 1.82) is 0 Å². The Morgan fingerprint density at radius 2 is 1.90 bits per heavy atom. The first-order valence-corrected chi connectivity index (χ1v) is 6.73. The predicted molar refractivity (Wildman–Crippen MR) is 75.4 cm³/mol. The van der Waals surface area contributed by atoms with Gasteiger partial charge in [0.15, 0.2) is 0 Å². The second-order valence-corrected chi connectivity index (χ2v) is 5.40. The lowest BCUT2D eigenvalue weighted by atomic mass is 10.1. The van der Waals surface area contributed by atoms with Gasteiger partial charge in [0, 0.05) is 19.7 Å². The lowest BCUT2D eigenvalue weighted by molar-refractivity contribution is 0.616. The molecule has 4 rings (SSSR count). The quantitative estimate of drug-likeness (QED) is 0.708. The van der Waals surface area contributed by atoms with Crippen molar-refractivity contribution in [2.45, 2.75) is 18.9 Å². The van der Waals surface area contributed by atoms with Gasteiger partial charge in [-0.15, -0.1) is 5.10 Å². The Labute approximate surface area is 115 Å². The lowest BCUT2D eigenvalue weighted by Crippen LogP contribution is -2.19. The van der Waals surface area contributed by atoms with Crippen LogP contribution in [0.4, 0.5) is 0 Å². The summed E-state index contributed by atoms with van der Waals surface area (Å²) < 4.78 is 5.32. The first-order chi connectivity index (χ1) is 9.66. The molecular weight excluding hydrogens is 254 g/mol. The summed E-state index contributed by atoms with van der Waals surface area (Å²) in [7, 11) is 3.59. The molecule has 6 heteroatoms. The maximum Gasteiger partial charge on any atom is 0.328 e. The van der Waals surface area contributed by atoms with Crippen LogP contribution < -0.4 is 5.69 Å². The normalized spacial score (nSPS) is 15.1. The van der Waals surface area contributed by atoms with E-state index in [0.717, 1.165) is 22.3 Å². The lowest BCUT2D eigenvalue weighted by Gasteiger charge is -2.05. The first kappa shape index (κ1) is 11.5. The molecule has 1 fully saturated rings. The molecule has 0 saturated heterocycles. The van der Waals surface area contributed by atoms with Gasteiger partial charge in [-0.05, 0) is 25.0 Å². The van der Waals surface area contributed by atoms with Crippen molar-refractivity contribution in [3.8, 4) is 11.3 Å². The molecule has 20 heavy (non-hydrogen) atoms. The van der Waals surface area contributed by atoms with E-state index < -0.39 is 0 Å². The van der Waals surface area contributed by atoms with Crippen LogP contribution in [0, 0.1) is 0 Å². The zero-order chi connectivity index (χ0) is 13.9. The van der Waals surface area contributed by atoms with Crippen LogP contribution in [-0.4, -0.2) is 24.1 Å². The van der Waals surface area contributed by atoms with Crippen LogP contribution in [-0.2, 0) is 14.1 Å². The Kier molecular flexibility index (Phi) is 2.19. The van der Waals surface area contributed by atoms with Gasteiger partial charge in [-0.25, -0.2) is 9.48 Å². The number of hydrogen-bond donors (Lipinski definition) is 0. The molecular formula is C14H15N5O. The standard InChI is InChI=1S/C14H15N5O/c1-17-11-6-3-9(7-12(11)18(2)14(17)20)13-8-15-16-19(13)10-4-5-10/h3,6-8,10H,4-5H2,1-2H3. The number of nitrogens with zero attached hydrogens (tertiary/aromatic N) is 5. The third-order valence-corrected chi connectivity index (χ3v) is 4.04. The largest absolute Gasteiger partial charge is 0.328 e. The zero-order valence-electron chi connectivity index (χ0n) is 11.4. The summed E-state index contributed by atoms with van der Waals surface area (Å²) in [5, 5.41) is 8.20. The minimum atomic E-state index is -0.00836. The third-order valence-electron chi connectivity index (χ3n) is 4.04. The van der Waals surface area contributed by atoms with Gasteiger partial charge in [0.25, 0.3) is 0 Å². The predicted octanol–water partition coefficient (Wildman–Crippen LogP) is 1.47. The van der Waals surface area contributed by atoms with Gasteiger partial charge in [-0.2, -0.15) is 0 Å². The molecule has 1 aliphatic rings. The number of fused-ring (bicyclic) bond motifs is 1. The highest BCUT2D eigenvalue weighted by molar-refractivity contribution is 5.81. The van der Waals surface area contributed by atoms with Crippen molar-refractivity contribution in [1.82, 2.24) is 24.1 Å². The molecule has 0 radical (unpaired) electrons. The van der Waals surface area contributed by atoms with Crippen molar-refractivity contribution in [3.63, 3.8) is 0 Å². The van der Waals surface area contributed by atoms with Crippen LogP contribution in [0.5, 0.6) is 0 Å². The van der Waals surface area contributed by atoms with E-state index in [1.165, 1.54) is 12.8 Å². The summed E-state index contributed by atoms with van der Waals surface area (Å²) in [4.78, 5) is 12.0. The molecule has 2 heterocycles. The van der Waals surface area contributed by atoms with Gasteiger partial charge in [0.2, 0.25) is 0 Å². The Morgan fingerprint density at radius 3 is 2.65 bits per heavy atom. The number of aromatic nitrogens is 5. The molecule has 3 aromatic rings. The van der Waals surface area contributed by atoms with Crippen LogP contribution >= 0.6 is 0 Å². The Bertz CT molecular complexity index is 865. The van der Waals surface area contributed by atoms with Crippen LogP contribution in [0.2, 0.25) is 0 Å². The van der Waals surface area contributed by atoms with Crippen LogP contribution in [0.1, 0.15) is 18.9 Å². The number of hydrogen-bond acceptors (Lipinski definition) is 3. The van der Waals surface area contributed by atoms with Crippen LogP contribution in [0.3, 0.4) is 0 Å². The van der Waals surface area contributed by atoms with Gasteiger partial charge < -0.3 is 0 Å². The Hall–Kier alpha value is -2.37. The van der Waals surface area contributed by atoms with Gasteiger partial charge in [-0.1, -0.05) is 11.3 Å². The van der Waals surface area contributed by atoms with Crippen molar-refractivity contribution < 1.29 is 0 Å². The van der Waals surface area contributed by atoms with E-state index in [9.17, 15) is 4.79 Å². The topological polar surface area (TPSA) is 57.6 Å². The highest BCUT2D eigenvalue weighted by Crippen LogP contribution is 2.37. The maximum atomic E-state index is 12.0. The van der Waals surface area contributed by atoms with Crippen molar-refractivity contribution in [3.05, 3.63) is 34.9 Å². The van der Waals surface area contributed by atoms with E-state index >= 15 is 0 Å². The minimum Gasteiger partial charge on any atom is -0.295 e. The molecule has 1 saturated carbocycles. The second kappa shape index (κ2) is 3.82. The zero-order valence-corrected chi connectivity index (χ0v) is 11.4. The Morgan fingerprint density at radius 1 is 1.15 bits per heavy atom. The van der Waals surface area contributed by atoms with Crippen LogP contribution in [0.15, 0.2) is 29.2 Å². The number of benzene rings is 1. The molecule has 0 unspecified atom stereocenters. The molecule has 102 valence electrons. The average molecular weight is 269 g/mol. The first-order valence-electron chi connectivity index (χ1n) is 6.73. The van der Waals surface area contributed by atoms with E-state index in [0.29, 0.717) is 6.04 Å². The number of imidazole rings is 1. The highest BCUT2D eigenvalue weighted by atomic mass is 16.1. The molecule has 2 aromatic heterocycles. The van der Waals surface area contributed by atoms with E-state index in [4.69, 9.17) is 0 Å². The summed E-state index contributed by atoms with van der Waals surface area (Å²) in [6.07, 6.45) is 4.13. The monoisotopic (exact) mass is 269 g/mol. The summed E-state index contributed by atoms with van der Waals surface area (Å²) >= 11 is 0. The molecule has 1 aromatic carbocycles. The third kappa shape index (κ3) is 1.47. The average Bonchev–Trinajstić information content (AvgIpc) is 3.16. The summed E-state index contributed by atoms with van der Waals surface area (Å²) in [5.74, 6) is 0. The van der Waals surface area contributed by atoms with Gasteiger partial charge in [0.1, 0.15) is 0 Å². The van der Waals surface area contributed by atoms with E-state index in [1.807, 2.05) is 22.9 Å². The maximum absolute atomic E-state index is 12.0. The Balaban J connectivity index is 1.94. The fourth-order valence-electron chi connectivity index (χ4n) is 2.71. The molecule has 0 bridgehead atoms. The minimum absolute atomic E-state index is 0.00836. The molecule has 1 aliphatic carbocycles. The van der Waals surface area contributed by atoms with E-state index in [-0.39, 0.29) is 5.69 Å². The summed E-state index contributed by atoms with van der Waals surface area (Å²) in [5.41, 5.74) is 3.93. The van der Waals surface area contributed by atoms with Crippen molar-refractivity contribution >= 4 is 11.0 Å². The fourth-order valence-corrected chi connectivity index (χ4v) is 2.71. The van der Waals surface area contributed by atoms with Gasteiger partial charge in [-0.3, -0.25) is 9.13 Å².